The molecule has 3 nitrogen and oxygen atoms in total. The SMILES string of the molecule is CC(NCc1cc2c(s1)CCC2)c1cnn(C)c1. The number of fused-ring (bicyclic) bond motifs is 1. The topological polar surface area (TPSA) is 29.9 Å². The highest BCUT2D eigenvalue weighted by Crippen LogP contribution is 2.30. The molecule has 0 saturated carbocycles. The van der Waals surface area contributed by atoms with Gasteiger partial charge in [0, 0.05) is 41.1 Å². The Labute approximate surface area is 112 Å². The standard InChI is InChI=1S/C14H19N3S/c1-10(12-7-16-17(2)9-12)15-8-13-6-11-4-3-5-14(11)18-13/h6-7,9-10,15H,3-5,8H2,1-2H3. The van der Waals surface area contributed by atoms with Crippen molar-refractivity contribution in [1.29, 1.82) is 0 Å². The maximum atomic E-state index is 4.21. The maximum Gasteiger partial charge on any atom is 0.0537 e. The number of aromatic nitrogens is 2. The van der Waals surface area contributed by atoms with E-state index < -0.39 is 0 Å². The minimum Gasteiger partial charge on any atom is -0.305 e. The van der Waals surface area contributed by atoms with Crippen LogP contribution >= 0.6 is 11.3 Å². The average molecular weight is 261 g/mol. The highest BCUT2D eigenvalue weighted by molar-refractivity contribution is 7.12. The van der Waals surface area contributed by atoms with E-state index in [2.05, 4.69) is 29.6 Å². The van der Waals surface area contributed by atoms with Crippen LogP contribution in [-0.2, 0) is 26.4 Å². The molecule has 0 saturated heterocycles. The zero-order chi connectivity index (χ0) is 12.5. The smallest absolute Gasteiger partial charge is 0.0537 e. The van der Waals surface area contributed by atoms with Gasteiger partial charge in [-0.1, -0.05) is 0 Å². The van der Waals surface area contributed by atoms with Crippen LogP contribution in [0.3, 0.4) is 0 Å². The molecule has 2 aromatic rings. The van der Waals surface area contributed by atoms with E-state index in [9.17, 15) is 0 Å². The largest absolute Gasteiger partial charge is 0.305 e. The Morgan fingerprint density at radius 1 is 1.50 bits per heavy atom. The molecule has 0 aromatic carbocycles. The molecule has 1 unspecified atom stereocenters. The van der Waals surface area contributed by atoms with Crippen LogP contribution in [-0.4, -0.2) is 9.78 Å². The molecule has 18 heavy (non-hydrogen) atoms. The summed E-state index contributed by atoms with van der Waals surface area (Å²) in [6.45, 7) is 3.16. The Bertz CT molecular complexity index is 519. The monoisotopic (exact) mass is 261 g/mol. The van der Waals surface area contributed by atoms with Crippen LogP contribution in [0.15, 0.2) is 18.5 Å². The lowest BCUT2D eigenvalue weighted by Crippen LogP contribution is -2.17. The minimum absolute atomic E-state index is 0.357. The second-order valence-electron chi connectivity index (χ2n) is 5.06. The summed E-state index contributed by atoms with van der Waals surface area (Å²) in [6, 6.07) is 2.74. The van der Waals surface area contributed by atoms with Crippen molar-refractivity contribution in [3.05, 3.63) is 39.3 Å². The fraction of sp³-hybridized carbons (Fsp3) is 0.500. The van der Waals surface area contributed by atoms with Crippen LogP contribution in [0.2, 0.25) is 0 Å². The lowest BCUT2D eigenvalue weighted by Gasteiger charge is -2.10. The van der Waals surface area contributed by atoms with E-state index in [1.807, 2.05) is 29.3 Å². The van der Waals surface area contributed by atoms with Gasteiger partial charge in [-0.05, 0) is 37.8 Å². The Morgan fingerprint density at radius 3 is 3.11 bits per heavy atom. The number of hydrogen-bond acceptors (Lipinski definition) is 3. The molecule has 0 spiro atoms. The highest BCUT2D eigenvalue weighted by Gasteiger charge is 2.15. The molecule has 3 rings (SSSR count). The van der Waals surface area contributed by atoms with Gasteiger partial charge in [-0.25, -0.2) is 0 Å². The first-order chi connectivity index (χ1) is 8.72. The van der Waals surface area contributed by atoms with Gasteiger partial charge in [-0.3, -0.25) is 4.68 Å². The van der Waals surface area contributed by atoms with E-state index in [1.165, 1.54) is 29.7 Å². The molecule has 1 atom stereocenters. The van der Waals surface area contributed by atoms with E-state index in [4.69, 9.17) is 0 Å². The Balaban J connectivity index is 1.60. The normalized spacial score (nSPS) is 15.9. The van der Waals surface area contributed by atoms with Crippen molar-refractivity contribution in [3.8, 4) is 0 Å². The molecule has 0 radical (unpaired) electrons. The Kier molecular flexibility index (Phi) is 3.22. The number of nitrogens with zero attached hydrogens (tertiary/aromatic N) is 2. The van der Waals surface area contributed by atoms with Gasteiger partial charge >= 0.3 is 0 Å². The Hall–Kier alpha value is -1.13. The zero-order valence-electron chi connectivity index (χ0n) is 10.9. The third-order valence-electron chi connectivity index (χ3n) is 3.60. The molecule has 96 valence electrons. The summed E-state index contributed by atoms with van der Waals surface area (Å²) in [5, 5.41) is 7.79. The van der Waals surface area contributed by atoms with Crippen LogP contribution in [0.25, 0.3) is 0 Å². The number of aryl methyl sites for hydroxylation is 3. The van der Waals surface area contributed by atoms with Crippen LogP contribution in [0.1, 0.15) is 40.3 Å². The van der Waals surface area contributed by atoms with Crippen molar-refractivity contribution >= 4 is 11.3 Å². The van der Waals surface area contributed by atoms with Gasteiger partial charge in [0.2, 0.25) is 0 Å². The van der Waals surface area contributed by atoms with Crippen LogP contribution in [0, 0.1) is 0 Å². The van der Waals surface area contributed by atoms with Gasteiger partial charge in [-0.15, -0.1) is 11.3 Å². The predicted molar refractivity (Wildman–Crippen MR) is 74.8 cm³/mol. The van der Waals surface area contributed by atoms with E-state index in [0.717, 1.165) is 6.54 Å². The van der Waals surface area contributed by atoms with Gasteiger partial charge in [0.25, 0.3) is 0 Å². The lowest BCUT2D eigenvalue weighted by atomic mass is 10.2. The maximum absolute atomic E-state index is 4.21. The number of nitrogens with one attached hydrogen (secondary N) is 1. The molecule has 1 aliphatic rings. The molecule has 1 aliphatic carbocycles. The molecular weight excluding hydrogens is 242 g/mol. The van der Waals surface area contributed by atoms with Crippen molar-refractivity contribution in [2.24, 2.45) is 7.05 Å². The van der Waals surface area contributed by atoms with Gasteiger partial charge < -0.3 is 5.32 Å². The summed E-state index contributed by atoms with van der Waals surface area (Å²) in [5.74, 6) is 0. The van der Waals surface area contributed by atoms with Gasteiger partial charge in [0.05, 0.1) is 6.20 Å². The molecule has 0 aliphatic heterocycles. The molecule has 1 N–H and O–H groups in total. The number of rotatable bonds is 4. The van der Waals surface area contributed by atoms with Gasteiger partial charge in [-0.2, -0.15) is 5.10 Å². The summed E-state index contributed by atoms with van der Waals surface area (Å²) in [7, 11) is 1.96. The molecule has 0 fully saturated rings. The summed E-state index contributed by atoms with van der Waals surface area (Å²) >= 11 is 1.98. The highest BCUT2D eigenvalue weighted by atomic mass is 32.1. The molecule has 0 bridgehead atoms. The fourth-order valence-electron chi connectivity index (χ4n) is 2.51. The van der Waals surface area contributed by atoms with E-state index in [1.54, 1.807) is 10.4 Å². The van der Waals surface area contributed by atoms with Crippen molar-refractivity contribution in [2.75, 3.05) is 0 Å². The summed E-state index contributed by atoms with van der Waals surface area (Å²) in [4.78, 5) is 3.08. The summed E-state index contributed by atoms with van der Waals surface area (Å²) < 4.78 is 1.85. The molecule has 2 aromatic heterocycles. The molecule has 2 heterocycles. The molecule has 4 heteroatoms. The third-order valence-corrected chi connectivity index (χ3v) is 4.84. The predicted octanol–water partition coefficient (Wildman–Crippen LogP) is 2.82. The average Bonchev–Trinajstić information content (AvgIpc) is 3.00. The minimum atomic E-state index is 0.357. The second kappa shape index (κ2) is 4.86. The first-order valence-electron chi connectivity index (χ1n) is 6.55. The third kappa shape index (κ3) is 2.35. The molecule has 0 amide bonds. The van der Waals surface area contributed by atoms with Crippen LogP contribution in [0.5, 0.6) is 0 Å². The molecular formula is C14H19N3S. The van der Waals surface area contributed by atoms with Crippen LogP contribution in [0.4, 0.5) is 0 Å². The number of thiophene rings is 1. The summed E-state index contributed by atoms with van der Waals surface area (Å²) in [6.07, 6.45) is 7.93. The quantitative estimate of drug-likeness (QED) is 0.917. The van der Waals surface area contributed by atoms with E-state index in [0.29, 0.717) is 6.04 Å². The fourth-order valence-corrected chi connectivity index (χ4v) is 3.72. The van der Waals surface area contributed by atoms with Crippen molar-refractivity contribution in [3.63, 3.8) is 0 Å². The number of hydrogen-bond donors (Lipinski definition) is 1. The van der Waals surface area contributed by atoms with Gasteiger partial charge in [0.1, 0.15) is 0 Å². The zero-order valence-corrected chi connectivity index (χ0v) is 11.8. The first kappa shape index (κ1) is 11.9. The first-order valence-corrected chi connectivity index (χ1v) is 7.36. The van der Waals surface area contributed by atoms with E-state index >= 15 is 0 Å². The van der Waals surface area contributed by atoms with Crippen molar-refractivity contribution in [1.82, 2.24) is 15.1 Å². The van der Waals surface area contributed by atoms with Crippen molar-refractivity contribution in [2.45, 2.75) is 38.8 Å². The summed E-state index contributed by atoms with van der Waals surface area (Å²) in [5.41, 5.74) is 2.84. The lowest BCUT2D eigenvalue weighted by molar-refractivity contribution is 0.578. The Morgan fingerprint density at radius 2 is 2.39 bits per heavy atom. The van der Waals surface area contributed by atoms with Gasteiger partial charge in [0.15, 0.2) is 0 Å². The second-order valence-corrected chi connectivity index (χ2v) is 6.29. The van der Waals surface area contributed by atoms with E-state index in [-0.39, 0.29) is 0 Å². The van der Waals surface area contributed by atoms with Crippen LogP contribution < -0.4 is 5.32 Å². The van der Waals surface area contributed by atoms with Crippen molar-refractivity contribution < 1.29 is 0 Å².